The van der Waals surface area contributed by atoms with Gasteiger partial charge in [0.15, 0.2) is 0 Å². The van der Waals surface area contributed by atoms with Crippen molar-refractivity contribution in [1.29, 1.82) is 0 Å². The Morgan fingerprint density at radius 3 is 2.35 bits per heavy atom. The number of aliphatic hydroxyl groups excluding tert-OH is 1. The van der Waals surface area contributed by atoms with Gasteiger partial charge in [0.2, 0.25) is 0 Å². The molecule has 0 amide bonds. The number of likely N-dealkylation sites (N-methyl/N-ethyl adjacent to an activating group) is 1. The predicted octanol–water partition coefficient (Wildman–Crippen LogP) is 3.55. The SMILES string of the molecule is CNC[C@@H](c1cccc2ccccc12)[C@H](O)C(C)(C)C. The first kappa shape index (κ1) is 15.0. The number of hydrogen-bond acceptors (Lipinski definition) is 2. The van der Waals surface area contributed by atoms with Gasteiger partial charge in [0, 0.05) is 12.5 Å². The van der Waals surface area contributed by atoms with Crippen molar-refractivity contribution < 1.29 is 5.11 Å². The van der Waals surface area contributed by atoms with Gasteiger partial charge >= 0.3 is 0 Å². The molecular formula is C18H25NO. The van der Waals surface area contributed by atoms with Crippen LogP contribution in [0.2, 0.25) is 0 Å². The van der Waals surface area contributed by atoms with Gasteiger partial charge < -0.3 is 10.4 Å². The lowest BCUT2D eigenvalue weighted by molar-refractivity contribution is 0.0393. The van der Waals surface area contributed by atoms with Crippen LogP contribution in [0.4, 0.5) is 0 Å². The Hall–Kier alpha value is -1.38. The van der Waals surface area contributed by atoms with E-state index in [0.717, 1.165) is 6.54 Å². The average molecular weight is 271 g/mol. The molecule has 0 aromatic heterocycles. The topological polar surface area (TPSA) is 32.3 Å². The number of nitrogens with one attached hydrogen (secondary N) is 1. The third-order valence-electron chi connectivity index (χ3n) is 3.92. The molecule has 0 aliphatic carbocycles. The van der Waals surface area contributed by atoms with Gasteiger partial charge in [0.05, 0.1) is 6.10 Å². The molecule has 2 rings (SSSR count). The van der Waals surface area contributed by atoms with E-state index in [1.54, 1.807) is 0 Å². The zero-order valence-corrected chi connectivity index (χ0v) is 12.9. The molecule has 0 spiro atoms. The highest BCUT2D eigenvalue weighted by Crippen LogP contribution is 2.34. The molecular weight excluding hydrogens is 246 g/mol. The largest absolute Gasteiger partial charge is 0.392 e. The van der Waals surface area contributed by atoms with E-state index in [1.165, 1.54) is 16.3 Å². The number of aliphatic hydroxyl groups is 1. The third kappa shape index (κ3) is 3.02. The van der Waals surface area contributed by atoms with Gasteiger partial charge in [-0.25, -0.2) is 0 Å². The van der Waals surface area contributed by atoms with Crippen molar-refractivity contribution in [2.24, 2.45) is 5.41 Å². The van der Waals surface area contributed by atoms with E-state index >= 15 is 0 Å². The maximum atomic E-state index is 10.7. The van der Waals surface area contributed by atoms with Crippen LogP contribution < -0.4 is 5.32 Å². The summed E-state index contributed by atoms with van der Waals surface area (Å²) in [5.74, 6) is 0.0890. The molecule has 2 heteroatoms. The highest BCUT2D eigenvalue weighted by molar-refractivity contribution is 5.86. The first-order valence-corrected chi connectivity index (χ1v) is 7.25. The van der Waals surface area contributed by atoms with E-state index in [4.69, 9.17) is 0 Å². The molecule has 0 heterocycles. The van der Waals surface area contributed by atoms with Gasteiger partial charge in [0.25, 0.3) is 0 Å². The van der Waals surface area contributed by atoms with Crippen LogP contribution in [0.15, 0.2) is 42.5 Å². The van der Waals surface area contributed by atoms with Crippen LogP contribution in [0.1, 0.15) is 32.3 Å². The minimum atomic E-state index is -0.388. The van der Waals surface area contributed by atoms with Crippen LogP contribution in [0.5, 0.6) is 0 Å². The first-order valence-electron chi connectivity index (χ1n) is 7.25. The smallest absolute Gasteiger partial charge is 0.0669 e. The number of hydrogen-bond donors (Lipinski definition) is 2. The van der Waals surface area contributed by atoms with Crippen molar-refractivity contribution in [3.8, 4) is 0 Å². The molecule has 2 aromatic rings. The molecule has 0 saturated carbocycles. The van der Waals surface area contributed by atoms with Crippen LogP contribution in [0, 0.1) is 5.41 Å². The molecule has 108 valence electrons. The van der Waals surface area contributed by atoms with E-state index in [0.29, 0.717) is 0 Å². The minimum Gasteiger partial charge on any atom is -0.392 e. The summed E-state index contributed by atoms with van der Waals surface area (Å²) < 4.78 is 0. The Kier molecular flexibility index (Phi) is 4.46. The van der Waals surface area contributed by atoms with E-state index in [1.807, 2.05) is 7.05 Å². The fraction of sp³-hybridized carbons (Fsp3) is 0.444. The second-order valence-corrected chi connectivity index (χ2v) is 6.54. The molecule has 0 radical (unpaired) electrons. The number of benzene rings is 2. The third-order valence-corrected chi connectivity index (χ3v) is 3.92. The molecule has 0 unspecified atom stereocenters. The number of rotatable bonds is 4. The average Bonchev–Trinajstić information content (AvgIpc) is 2.42. The van der Waals surface area contributed by atoms with Crippen molar-refractivity contribution in [3.63, 3.8) is 0 Å². The molecule has 2 aromatic carbocycles. The molecule has 0 saturated heterocycles. The summed E-state index contributed by atoms with van der Waals surface area (Å²) >= 11 is 0. The standard InChI is InChI=1S/C18H25NO/c1-18(2,3)17(20)16(12-19-4)15-11-7-9-13-8-5-6-10-14(13)15/h5-11,16-17,19-20H,12H2,1-4H3/t16-,17-/m0/s1. The molecule has 0 bridgehead atoms. The molecule has 20 heavy (non-hydrogen) atoms. The maximum Gasteiger partial charge on any atom is 0.0669 e. The fourth-order valence-corrected chi connectivity index (χ4v) is 2.79. The Morgan fingerprint density at radius 2 is 1.70 bits per heavy atom. The van der Waals surface area contributed by atoms with Crippen molar-refractivity contribution in [1.82, 2.24) is 5.32 Å². The minimum absolute atomic E-state index is 0.0890. The maximum absolute atomic E-state index is 10.7. The second kappa shape index (κ2) is 5.94. The van der Waals surface area contributed by atoms with Gasteiger partial charge in [-0.2, -0.15) is 0 Å². The van der Waals surface area contributed by atoms with Crippen LogP contribution in [-0.2, 0) is 0 Å². The molecule has 2 N–H and O–H groups in total. The highest BCUT2D eigenvalue weighted by atomic mass is 16.3. The summed E-state index contributed by atoms with van der Waals surface area (Å²) in [7, 11) is 1.94. The van der Waals surface area contributed by atoms with Crippen molar-refractivity contribution in [2.45, 2.75) is 32.8 Å². The second-order valence-electron chi connectivity index (χ2n) is 6.54. The van der Waals surface area contributed by atoms with E-state index < -0.39 is 0 Å². The molecule has 0 aliphatic heterocycles. The Bertz CT molecular complexity index is 566. The Morgan fingerprint density at radius 1 is 1.05 bits per heavy atom. The highest BCUT2D eigenvalue weighted by Gasteiger charge is 2.31. The van der Waals surface area contributed by atoms with Crippen LogP contribution in [0.25, 0.3) is 10.8 Å². The van der Waals surface area contributed by atoms with Gasteiger partial charge in [0.1, 0.15) is 0 Å². The normalized spacial score (nSPS) is 15.2. The summed E-state index contributed by atoms with van der Waals surface area (Å²) in [4.78, 5) is 0. The lowest BCUT2D eigenvalue weighted by atomic mass is 9.77. The van der Waals surface area contributed by atoms with Crippen molar-refractivity contribution in [2.75, 3.05) is 13.6 Å². The molecule has 2 atom stereocenters. The summed E-state index contributed by atoms with van der Waals surface area (Å²) in [5.41, 5.74) is 1.08. The van der Waals surface area contributed by atoms with Gasteiger partial charge in [-0.05, 0) is 28.8 Å². The fourth-order valence-electron chi connectivity index (χ4n) is 2.79. The predicted molar refractivity (Wildman–Crippen MR) is 86.1 cm³/mol. The summed E-state index contributed by atoms with van der Waals surface area (Å²) in [5, 5.41) is 16.4. The van der Waals surface area contributed by atoms with Gasteiger partial charge in [-0.3, -0.25) is 0 Å². The summed E-state index contributed by atoms with van der Waals surface area (Å²) in [6.07, 6.45) is -0.388. The zero-order chi connectivity index (χ0) is 14.8. The lowest BCUT2D eigenvalue weighted by Crippen LogP contribution is -2.37. The Labute approximate surface area is 121 Å². The van der Waals surface area contributed by atoms with Crippen LogP contribution in [-0.4, -0.2) is 24.8 Å². The van der Waals surface area contributed by atoms with Gasteiger partial charge in [-0.1, -0.05) is 63.2 Å². The van der Waals surface area contributed by atoms with E-state index in [-0.39, 0.29) is 17.4 Å². The van der Waals surface area contributed by atoms with E-state index in [2.05, 4.69) is 68.6 Å². The molecule has 2 nitrogen and oxygen atoms in total. The molecule has 0 fully saturated rings. The Balaban J connectivity index is 2.52. The molecule has 0 aliphatic rings. The van der Waals surface area contributed by atoms with E-state index in [9.17, 15) is 5.11 Å². The van der Waals surface area contributed by atoms with Crippen molar-refractivity contribution in [3.05, 3.63) is 48.0 Å². The first-order chi connectivity index (χ1) is 9.45. The monoisotopic (exact) mass is 271 g/mol. The zero-order valence-electron chi connectivity index (χ0n) is 12.9. The quantitative estimate of drug-likeness (QED) is 0.891. The van der Waals surface area contributed by atoms with Gasteiger partial charge in [-0.15, -0.1) is 0 Å². The summed E-state index contributed by atoms with van der Waals surface area (Å²) in [6.45, 7) is 7.04. The number of fused-ring (bicyclic) bond motifs is 1. The summed E-state index contributed by atoms with van der Waals surface area (Å²) in [6, 6.07) is 14.7. The van der Waals surface area contributed by atoms with Crippen LogP contribution >= 0.6 is 0 Å². The lowest BCUT2D eigenvalue weighted by Gasteiger charge is -2.34. The van der Waals surface area contributed by atoms with Crippen molar-refractivity contribution >= 4 is 10.8 Å². The van der Waals surface area contributed by atoms with Crippen LogP contribution in [0.3, 0.4) is 0 Å².